The van der Waals surface area contributed by atoms with Gasteiger partial charge in [-0.05, 0) is 95.7 Å². The first-order valence-corrected chi connectivity index (χ1v) is 13.8. The van der Waals surface area contributed by atoms with Crippen molar-refractivity contribution >= 4 is 45.3 Å². The van der Waals surface area contributed by atoms with E-state index in [9.17, 15) is 0 Å². The topological polar surface area (TPSA) is 6.48 Å². The summed E-state index contributed by atoms with van der Waals surface area (Å²) in [7, 11) is 0. The first kappa shape index (κ1) is 25.2. The molecule has 0 spiro atoms. The highest BCUT2D eigenvalue weighted by atomic mass is 15.1. The van der Waals surface area contributed by atoms with Gasteiger partial charge in [0.15, 0.2) is 0 Å². The first-order valence-electron chi connectivity index (χ1n) is 13.8. The van der Waals surface area contributed by atoms with E-state index in [0.717, 1.165) is 29.2 Å². The SMILES string of the molecule is C=Cc1ccc2cc(-c3ccc(N(c4ccccc4)c4ccccc4)cc3)cc(N(CC)c3ccccc3)c2c1. The van der Waals surface area contributed by atoms with Gasteiger partial charge in [-0.1, -0.05) is 91.5 Å². The Kier molecular flexibility index (Phi) is 7.15. The molecule has 0 aliphatic carbocycles. The van der Waals surface area contributed by atoms with E-state index < -0.39 is 0 Å². The maximum absolute atomic E-state index is 4.00. The van der Waals surface area contributed by atoms with Gasteiger partial charge in [0.25, 0.3) is 0 Å². The van der Waals surface area contributed by atoms with Crippen molar-refractivity contribution in [3.05, 3.63) is 158 Å². The van der Waals surface area contributed by atoms with Crippen molar-refractivity contribution in [1.29, 1.82) is 0 Å². The first-order chi connectivity index (χ1) is 19.7. The summed E-state index contributed by atoms with van der Waals surface area (Å²) in [6, 6.07) is 51.8. The second kappa shape index (κ2) is 11.3. The number of hydrogen-bond donors (Lipinski definition) is 0. The molecule has 6 rings (SSSR count). The summed E-state index contributed by atoms with van der Waals surface area (Å²) in [6.45, 7) is 7.08. The zero-order valence-electron chi connectivity index (χ0n) is 22.7. The molecule has 40 heavy (non-hydrogen) atoms. The standard InChI is InChI=1S/C38H32N2/c1-3-29-20-21-31-27-32(28-38(37(31)26-29)39(4-2)33-14-8-5-9-15-33)30-22-24-36(25-23-30)40(34-16-10-6-11-17-34)35-18-12-7-13-19-35/h3,5-28H,1,4H2,2H3. The summed E-state index contributed by atoms with van der Waals surface area (Å²) in [5, 5.41) is 2.44. The number of benzene rings is 6. The highest BCUT2D eigenvalue weighted by molar-refractivity contribution is 6.00. The molecule has 2 heteroatoms. The predicted octanol–water partition coefficient (Wildman–Crippen LogP) is 10.8. The van der Waals surface area contributed by atoms with Crippen LogP contribution in [-0.2, 0) is 0 Å². The van der Waals surface area contributed by atoms with Crippen molar-refractivity contribution in [3.8, 4) is 11.1 Å². The Labute approximate surface area is 237 Å². The number of rotatable bonds is 8. The zero-order chi connectivity index (χ0) is 27.3. The van der Waals surface area contributed by atoms with Crippen LogP contribution in [0, 0.1) is 0 Å². The van der Waals surface area contributed by atoms with Gasteiger partial charge < -0.3 is 9.80 Å². The molecule has 0 aliphatic heterocycles. The van der Waals surface area contributed by atoms with E-state index in [1.54, 1.807) is 0 Å². The summed E-state index contributed by atoms with van der Waals surface area (Å²) >= 11 is 0. The maximum atomic E-state index is 4.00. The number of nitrogens with zero attached hydrogens (tertiary/aromatic N) is 2. The van der Waals surface area contributed by atoms with E-state index in [1.807, 2.05) is 6.08 Å². The lowest BCUT2D eigenvalue weighted by molar-refractivity contribution is 1.03. The largest absolute Gasteiger partial charge is 0.341 e. The Morgan fingerprint density at radius 1 is 0.550 bits per heavy atom. The van der Waals surface area contributed by atoms with Crippen LogP contribution in [0.5, 0.6) is 0 Å². The highest BCUT2D eigenvalue weighted by Gasteiger charge is 2.15. The lowest BCUT2D eigenvalue weighted by Gasteiger charge is -2.27. The van der Waals surface area contributed by atoms with Crippen LogP contribution in [0.3, 0.4) is 0 Å². The molecule has 0 saturated carbocycles. The fourth-order valence-corrected chi connectivity index (χ4v) is 5.38. The zero-order valence-corrected chi connectivity index (χ0v) is 22.7. The summed E-state index contributed by atoms with van der Waals surface area (Å²) in [5.74, 6) is 0. The molecule has 6 aromatic rings. The van der Waals surface area contributed by atoms with E-state index in [0.29, 0.717) is 0 Å². The number of anilines is 5. The third kappa shape index (κ3) is 5.00. The van der Waals surface area contributed by atoms with Crippen molar-refractivity contribution in [1.82, 2.24) is 0 Å². The minimum atomic E-state index is 0.864. The quantitative estimate of drug-likeness (QED) is 0.198. The molecule has 0 radical (unpaired) electrons. The number of para-hydroxylation sites is 3. The fraction of sp³-hybridized carbons (Fsp3) is 0.0526. The predicted molar refractivity (Wildman–Crippen MR) is 173 cm³/mol. The molecule has 0 N–H and O–H groups in total. The number of fused-ring (bicyclic) bond motifs is 1. The molecule has 2 nitrogen and oxygen atoms in total. The van der Waals surface area contributed by atoms with Gasteiger partial charge in [-0.25, -0.2) is 0 Å². The van der Waals surface area contributed by atoms with Crippen LogP contribution < -0.4 is 9.80 Å². The van der Waals surface area contributed by atoms with E-state index in [1.165, 1.54) is 33.3 Å². The van der Waals surface area contributed by atoms with Gasteiger partial charge in [0.1, 0.15) is 0 Å². The second-order valence-corrected chi connectivity index (χ2v) is 9.81. The van der Waals surface area contributed by atoms with E-state index in [-0.39, 0.29) is 0 Å². The Morgan fingerprint density at radius 3 is 1.65 bits per heavy atom. The van der Waals surface area contributed by atoms with Crippen LogP contribution in [0.15, 0.2) is 152 Å². The van der Waals surface area contributed by atoms with Crippen LogP contribution in [0.25, 0.3) is 28.0 Å². The molecule has 0 aliphatic rings. The van der Waals surface area contributed by atoms with Crippen molar-refractivity contribution < 1.29 is 0 Å². The van der Waals surface area contributed by atoms with Crippen molar-refractivity contribution in [2.24, 2.45) is 0 Å². The van der Waals surface area contributed by atoms with Gasteiger partial charge in [0.2, 0.25) is 0 Å². The van der Waals surface area contributed by atoms with Crippen LogP contribution in [-0.4, -0.2) is 6.54 Å². The molecule has 0 fully saturated rings. The van der Waals surface area contributed by atoms with Crippen LogP contribution in [0.4, 0.5) is 28.4 Å². The lowest BCUT2D eigenvalue weighted by atomic mass is 9.97. The Balaban J connectivity index is 1.46. The average molecular weight is 517 g/mol. The molecule has 0 aromatic heterocycles. The third-order valence-electron chi connectivity index (χ3n) is 7.35. The van der Waals surface area contributed by atoms with Gasteiger partial charge in [-0.3, -0.25) is 0 Å². The highest BCUT2D eigenvalue weighted by Crippen LogP contribution is 2.39. The Bertz CT molecular complexity index is 1680. The van der Waals surface area contributed by atoms with Gasteiger partial charge in [-0.15, -0.1) is 0 Å². The monoisotopic (exact) mass is 516 g/mol. The van der Waals surface area contributed by atoms with Crippen molar-refractivity contribution in [3.63, 3.8) is 0 Å². The molecular formula is C38H32N2. The number of hydrogen-bond acceptors (Lipinski definition) is 2. The normalized spacial score (nSPS) is 10.8. The summed E-state index contributed by atoms with van der Waals surface area (Å²) in [5.41, 5.74) is 9.27. The van der Waals surface area contributed by atoms with E-state index in [4.69, 9.17) is 0 Å². The summed E-state index contributed by atoms with van der Waals surface area (Å²) in [4.78, 5) is 4.68. The lowest BCUT2D eigenvalue weighted by Crippen LogP contribution is -2.16. The molecule has 0 heterocycles. The fourth-order valence-electron chi connectivity index (χ4n) is 5.38. The molecule has 6 aromatic carbocycles. The smallest absolute Gasteiger partial charge is 0.0496 e. The minimum absolute atomic E-state index is 0.864. The molecule has 0 saturated heterocycles. The van der Waals surface area contributed by atoms with Crippen molar-refractivity contribution in [2.75, 3.05) is 16.3 Å². The Hall–Kier alpha value is -5.08. The second-order valence-electron chi connectivity index (χ2n) is 9.81. The molecule has 0 bridgehead atoms. The van der Waals surface area contributed by atoms with Crippen LogP contribution in [0.1, 0.15) is 12.5 Å². The van der Waals surface area contributed by atoms with Crippen LogP contribution in [0.2, 0.25) is 0 Å². The van der Waals surface area contributed by atoms with E-state index >= 15 is 0 Å². The Morgan fingerprint density at radius 2 is 1.10 bits per heavy atom. The average Bonchev–Trinajstić information content (AvgIpc) is 3.03. The van der Waals surface area contributed by atoms with E-state index in [2.05, 4.69) is 169 Å². The van der Waals surface area contributed by atoms with Crippen LogP contribution >= 0.6 is 0 Å². The van der Waals surface area contributed by atoms with Gasteiger partial charge in [-0.2, -0.15) is 0 Å². The maximum Gasteiger partial charge on any atom is 0.0496 e. The summed E-state index contributed by atoms with van der Waals surface area (Å²) in [6.07, 6.45) is 1.92. The molecule has 0 amide bonds. The van der Waals surface area contributed by atoms with Gasteiger partial charge >= 0.3 is 0 Å². The molecule has 0 atom stereocenters. The van der Waals surface area contributed by atoms with Crippen molar-refractivity contribution in [2.45, 2.75) is 6.92 Å². The molecule has 194 valence electrons. The van der Waals surface area contributed by atoms with Gasteiger partial charge in [0, 0.05) is 40.4 Å². The molecular weight excluding hydrogens is 484 g/mol. The third-order valence-corrected chi connectivity index (χ3v) is 7.35. The van der Waals surface area contributed by atoms with Gasteiger partial charge in [0.05, 0.1) is 0 Å². The minimum Gasteiger partial charge on any atom is -0.341 e. The molecule has 0 unspecified atom stereocenters. The summed E-state index contributed by atoms with van der Waals surface area (Å²) < 4.78 is 0.